The minimum atomic E-state index is 0.655. The topological polar surface area (TPSA) is 53.9 Å². The smallest absolute Gasteiger partial charge is 0.225 e. The summed E-state index contributed by atoms with van der Waals surface area (Å²) in [4.78, 5) is 15.7. The largest absolute Gasteiger partial charge is 0.350 e. The summed E-state index contributed by atoms with van der Waals surface area (Å²) in [5.41, 5.74) is 4.71. The summed E-state index contributed by atoms with van der Waals surface area (Å²) in [7, 11) is 0. The number of benzene rings is 1. The zero-order chi connectivity index (χ0) is 17.1. The van der Waals surface area contributed by atoms with Crippen molar-refractivity contribution in [3.8, 4) is 0 Å². The van der Waals surface area contributed by atoms with Crippen LogP contribution >= 0.6 is 0 Å². The summed E-state index contributed by atoms with van der Waals surface area (Å²) in [6, 6.07) is 14.6. The van der Waals surface area contributed by atoms with Gasteiger partial charge in [-0.25, -0.2) is 4.98 Å². The van der Waals surface area contributed by atoms with Crippen LogP contribution in [0.4, 0.5) is 17.5 Å². The van der Waals surface area contributed by atoms with Crippen molar-refractivity contribution < 1.29 is 0 Å². The molecule has 0 atom stereocenters. The van der Waals surface area contributed by atoms with Gasteiger partial charge in [-0.05, 0) is 43.0 Å². The molecule has 0 spiro atoms. The predicted molar refractivity (Wildman–Crippen MR) is 100 cm³/mol. The first-order chi connectivity index (χ1) is 12.3. The molecule has 1 aliphatic heterocycles. The van der Waals surface area contributed by atoms with Gasteiger partial charge in [-0.15, -0.1) is 0 Å². The van der Waals surface area contributed by atoms with Crippen molar-refractivity contribution >= 4 is 17.5 Å². The van der Waals surface area contributed by atoms with Crippen LogP contribution in [-0.4, -0.2) is 21.5 Å². The van der Waals surface area contributed by atoms with E-state index in [2.05, 4.69) is 50.5 Å². The van der Waals surface area contributed by atoms with Crippen LogP contribution in [0.1, 0.15) is 23.2 Å². The Kier molecular flexibility index (Phi) is 4.29. The number of fused-ring (bicyclic) bond motifs is 1. The lowest BCUT2D eigenvalue weighted by molar-refractivity contribution is 0.758. The Bertz CT molecular complexity index is 863. The Balaban J connectivity index is 1.60. The van der Waals surface area contributed by atoms with Gasteiger partial charge in [0.15, 0.2) is 0 Å². The van der Waals surface area contributed by atoms with Crippen LogP contribution in [-0.2, 0) is 13.0 Å². The quantitative estimate of drug-likeness (QED) is 0.786. The molecule has 0 saturated carbocycles. The minimum absolute atomic E-state index is 0.655. The summed E-state index contributed by atoms with van der Waals surface area (Å²) in [5.74, 6) is 1.61. The van der Waals surface area contributed by atoms with E-state index in [9.17, 15) is 0 Å². The van der Waals surface area contributed by atoms with Gasteiger partial charge in [0.25, 0.3) is 0 Å². The van der Waals surface area contributed by atoms with Gasteiger partial charge in [-0.2, -0.15) is 4.98 Å². The monoisotopic (exact) mass is 331 g/mol. The number of aryl methyl sites for hydroxylation is 2. The van der Waals surface area contributed by atoms with Crippen molar-refractivity contribution in [2.24, 2.45) is 0 Å². The normalized spacial score (nSPS) is 13.4. The van der Waals surface area contributed by atoms with Gasteiger partial charge < -0.3 is 10.2 Å². The van der Waals surface area contributed by atoms with E-state index < -0.39 is 0 Å². The van der Waals surface area contributed by atoms with E-state index in [0.717, 1.165) is 36.5 Å². The molecule has 0 radical (unpaired) electrons. The Hall–Kier alpha value is -2.95. The minimum Gasteiger partial charge on any atom is -0.350 e. The molecule has 1 aromatic carbocycles. The van der Waals surface area contributed by atoms with Crippen LogP contribution in [0, 0.1) is 6.92 Å². The molecule has 1 N–H and O–H groups in total. The van der Waals surface area contributed by atoms with Crippen LogP contribution in [0.2, 0.25) is 0 Å². The zero-order valence-electron chi connectivity index (χ0n) is 14.3. The van der Waals surface area contributed by atoms with Gasteiger partial charge in [0.05, 0.1) is 0 Å². The number of rotatable bonds is 4. The number of pyridine rings is 1. The molecule has 0 saturated heterocycles. The van der Waals surface area contributed by atoms with Crippen molar-refractivity contribution in [2.75, 3.05) is 16.8 Å². The van der Waals surface area contributed by atoms with Gasteiger partial charge in [-0.3, -0.25) is 4.98 Å². The van der Waals surface area contributed by atoms with E-state index in [0.29, 0.717) is 12.5 Å². The molecule has 3 aromatic rings. The third-order valence-electron chi connectivity index (χ3n) is 4.40. The van der Waals surface area contributed by atoms with Gasteiger partial charge in [0.2, 0.25) is 5.95 Å². The first-order valence-corrected chi connectivity index (χ1v) is 8.63. The second-order valence-electron chi connectivity index (χ2n) is 6.29. The number of anilines is 3. The SMILES string of the molecule is Cc1cc(N2CCCc3ccccc32)nc(NCc2cccnc2)n1. The number of nitrogens with one attached hydrogen (secondary N) is 1. The molecule has 2 aromatic heterocycles. The zero-order valence-corrected chi connectivity index (χ0v) is 14.3. The van der Waals surface area contributed by atoms with Gasteiger partial charge >= 0.3 is 0 Å². The highest BCUT2D eigenvalue weighted by molar-refractivity contribution is 5.66. The van der Waals surface area contributed by atoms with Crippen LogP contribution in [0.3, 0.4) is 0 Å². The van der Waals surface area contributed by atoms with E-state index in [4.69, 9.17) is 4.98 Å². The third kappa shape index (κ3) is 3.45. The first-order valence-electron chi connectivity index (χ1n) is 8.63. The summed E-state index contributed by atoms with van der Waals surface area (Å²) in [6.07, 6.45) is 5.89. The third-order valence-corrected chi connectivity index (χ3v) is 4.40. The van der Waals surface area contributed by atoms with Crippen molar-refractivity contribution in [2.45, 2.75) is 26.3 Å². The molecule has 5 nitrogen and oxygen atoms in total. The molecular formula is C20H21N5. The maximum Gasteiger partial charge on any atom is 0.225 e. The second-order valence-corrected chi connectivity index (χ2v) is 6.29. The van der Waals surface area contributed by atoms with Gasteiger partial charge in [0.1, 0.15) is 5.82 Å². The van der Waals surface area contributed by atoms with Crippen molar-refractivity contribution in [3.63, 3.8) is 0 Å². The Morgan fingerprint density at radius 3 is 2.92 bits per heavy atom. The lowest BCUT2D eigenvalue weighted by Gasteiger charge is -2.30. The molecule has 0 bridgehead atoms. The Morgan fingerprint density at radius 2 is 2.04 bits per heavy atom. The highest BCUT2D eigenvalue weighted by Crippen LogP contribution is 2.32. The first kappa shape index (κ1) is 15.6. The van der Waals surface area contributed by atoms with Crippen molar-refractivity contribution in [1.82, 2.24) is 15.0 Å². The number of nitrogens with zero attached hydrogens (tertiary/aromatic N) is 4. The van der Waals surface area contributed by atoms with Crippen LogP contribution in [0.25, 0.3) is 0 Å². The van der Waals surface area contributed by atoms with E-state index in [1.54, 1.807) is 6.20 Å². The van der Waals surface area contributed by atoms with E-state index >= 15 is 0 Å². The molecule has 3 heterocycles. The lowest BCUT2D eigenvalue weighted by atomic mass is 10.0. The molecule has 126 valence electrons. The lowest BCUT2D eigenvalue weighted by Crippen LogP contribution is -2.25. The fraction of sp³-hybridized carbons (Fsp3) is 0.250. The Morgan fingerprint density at radius 1 is 1.12 bits per heavy atom. The summed E-state index contributed by atoms with van der Waals surface area (Å²) in [6.45, 7) is 3.65. The molecule has 5 heteroatoms. The summed E-state index contributed by atoms with van der Waals surface area (Å²) < 4.78 is 0. The summed E-state index contributed by atoms with van der Waals surface area (Å²) in [5, 5.41) is 3.32. The molecule has 0 amide bonds. The summed E-state index contributed by atoms with van der Waals surface area (Å²) >= 11 is 0. The Labute approximate surface area is 147 Å². The molecule has 0 aliphatic carbocycles. The average molecular weight is 331 g/mol. The highest BCUT2D eigenvalue weighted by Gasteiger charge is 2.19. The average Bonchev–Trinajstić information content (AvgIpc) is 2.66. The molecule has 0 fully saturated rings. The number of para-hydroxylation sites is 1. The van der Waals surface area contributed by atoms with Crippen molar-refractivity contribution in [1.29, 1.82) is 0 Å². The second kappa shape index (κ2) is 6.89. The molecular weight excluding hydrogens is 310 g/mol. The number of hydrogen-bond acceptors (Lipinski definition) is 5. The molecule has 25 heavy (non-hydrogen) atoms. The van der Waals surface area contributed by atoms with Crippen LogP contribution in [0.5, 0.6) is 0 Å². The number of aromatic nitrogens is 3. The van der Waals surface area contributed by atoms with E-state index in [1.807, 2.05) is 25.3 Å². The predicted octanol–water partition coefficient (Wildman–Crippen LogP) is 3.88. The van der Waals surface area contributed by atoms with Crippen molar-refractivity contribution in [3.05, 3.63) is 71.7 Å². The van der Waals surface area contributed by atoms with E-state index in [-0.39, 0.29) is 0 Å². The maximum atomic E-state index is 4.75. The van der Waals surface area contributed by atoms with E-state index in [1.165, 1.54) is 11.3 Å². The molecule has 4 rings (SSSR count). The van der Waals surface area contributed by atoms with Gasteiger partial charge in [-0.1, -0.05) is 24.3 Å². The fourth-order valence-electron chi connectivity index (χ4n) is 3.22. The number of hydrogen-bond donors (Lipinski definition) is 1. The van der Waals surface area contributed by atoms with Crippen LogP contribution in [0.15, 0.2) is 54.9 Å². The van der Waals surface area contributed by atoms with Crippen LogP contribution < -0.4 is 10.2 Å². The van der Waals surface area contributed by atoms with Gasteiger partial charge in [0, 0.05) is 42.9 Å². The standard InChI is InChI=1S/C20H21N5/c1-15-12-19(25-11-5-8-17-7-2-3-9-18(17)25)24-20(23-15)22-14-16-6-4-10-21-13-16/h2-4,6-7,9-10,12-13H,5,8,11,14H2,1H3,(H,22,23,24). The fourth-order valence-corrected chi connectivity index (χ4v) is 3.22. The maximum absolute atomic E-state index is 4.75. The highest BCUT2D eigenvalue weighted by atomic mass is 15.2. The molecule has 1 aliphatic rings. The molecule has 0 unspecified atom stereocenters.